The maximum absolute atomic E-state index is 13.0. The summed E-state index contributed by atoms with van der Waals surface area (Å²) in [5.74, 6) is 6.53. The lowest BCUT2D eigenvalue weighted by atomic mass is 10.1. The fourth-order valence-electron chi connectivity index (χ4n) is 5.51. The van der Waals surface area contributed by atoms with Gasteiger partial charge in [-0.25, -0.2) is 4.98 Å². The molecule has 5 rings (SSSR count). The molecule has 2 aliphatic rings. The van der Waals surface area contributed by atoms with Crippen molar-refractivity contribution in [1.82, 2.24) is 14.9 Å². The first-order chi connectivity index (χ1) is 22.2. The van der Waals surface area contributed by atoms with Gasteiger partial charge < -0.3 is 39.8 Å². The van der Waals surface area contributed by atoms with Gasteiger partial charge in [0, 0.05) is 37.4 Å². The van der Waals surface area contributed by atoms with Crippen molar-refractivity contribution in [2.24, 2.45) is 0 Å². The first-order valence-corrected chi connectivity index (χ1v) is 18.5. The van der Waals surface area contributed by atoms with E-state index >= 15 is 0 Å². The molecule has 2 aromatic carbocycles. The number of halogens is 1. The van der Waals surface area contributed by atoms with Gasteiger partial charge in [0.15, 0.2) is 5.82 Å². The second kappa shape index (κ2) is 15.7. The molecular weight excluding hydrogens is 625 g/mol. The number of benzene rings is 2. The normalized spacial score (nSPS) is 15.4. The van der Waals surface area contributed by atoms with E-state index in [0.717, 1.165) is 25.3 Å². The topological polar surface area (TPSA) is 121 Å². The van der Waals surface area contributed by atoms with Crippen molar-refractivity contribution >= 4 is 64.5 Å². The predicted octanol–water partition coefficient (Wildman–Crippen LogP) is 5.53. The summed E-state index contributed by atoms with van der Waals surface area (Å²) in [5, 5.41) is 10.4. The minimum Gasteiger partial charge on any atom is -0.494 e. The SMILES string of the molecule is COc1cc(N2CCOCC2)c(NC(=O)C#CCCN2CCCCC2)cc1Nc1ncc(Cl)c(Nc2ccccc2P(C)(C)=O)n1. The van der Waals surface area contributed by atoms with E-state index in [2.05, 4.69) is 47.6 Å². The van der Waals surface area contributed by atoms with Crippen molar-refractivity contribution in [3.05, 3.63) is 47.6 Å². The third kappa shape index (κ3) is 8.92. The Balaban J connectivity index is 1.39. The Morgan fingerprint density at radius 3 is 2.54 bits per heavy atom. The summed E-state index contributed by atoms with van der Waals surface area (Å²) in [5.41, 5.74) is 2.56. The molecule has 244 valence electrons. The molecule has 0 spiro atoms. The summed E-state index contributed by atoms with van der Waals surface area (Å²) < 4.78 is 24.2. The van der Waals surface area contributed by atoms with Crippen LogP contribution in [0.15, 0.2) is 42.6 Å². The zero-order valence-corrected chi connectivity index (χ0v) is 28.2. The van der Waals surface area contributed by atoms with E-state index < -0.39 is 7.14 Å². The molecule has 3 aromatic rings. The van der Waals surface area contributed by atoms with E-state index in [4.69, 9.17) is 21.1 Å². The fourth-order valence-corrected chi connectivity index (χ4v) is 6.80. The maximum atomic E-state index is 13.0. The van der Waals surface area contributed by atoms with Crippen LogP contribution in [0.25, 0.3) is 0 Å². The van der Waals surface area contributed by atoms with Crippen LogP contribution in [0.1, 0.15) is 25.7 Å². The number of ether oxygens (including phenoxy) is 2. The zero-order chi connectivity index (χ0) is 32.5. The number of hydrogen-bond donors (Lipinski definition) is 3. The molecule has 3 heterocycles. The van der Waals surface area contributed by atoms with Gasteiger partial charge in [0.1, 0.15) is 17.9 Å². The minimum absolute atomic E-state index is 0.243. The van der Waals surface area contributed by atoms with Gasteiger partial charge in [0.05, 0.1) is 49.3 Å². The molecule has 0 bridgehead atoms. The van der Waals surface area contributed by atoms with Gasteiger partial charge in [0.25, 0.3) is 5.91 Å². The third-order valence-electron chi connectivity index (χ3n) is 7.85. The van der Waals surface area contributed by atoms with E-state index in [1.54, 1.807) is 26.5 Å². The molecular formula is C33H41ClN7O4P. The van der Waals surface area contributed by atoms with Crippen LogP contribution in [0.4, 0.5) is 34.5 Å². The van der Waals surface area contributed by atoms with Gasteiger partial charge in [-0.3, -0.25) is 4.79 Å². The quantitative estimate of drug-likeness (QED) is 0.188. The van der Waals surface area contributed by atoms with Crippen LogP contribution in [-0.4, -0.2) is 87.2 Å². The largest absolute Gasteiger partial charge is 0.494 e. The Morgan fingerprint density at radius 2 is 1.80 bits per heavy atom. The molecule has 2 saturated heterocycles. The molecule has 2 aliphatic heterocycles. The van der Waals surface area contributed by atoms with E-state index in [9.17, 15) is 9.36 Å². The van der Waals surface area contributed by atoms with E-state index in [1.165, 1.54) is 25.5 Å². The Hall–Kier alpha value is -3.81. The second-order valence-corrected chi connectivity index (χ2v) is 15.2. The van der Waals surface area contributed by atoms with Crippen LogP contribution < -0.4 is 30.9 Å². The molecule has 1 aromatic heterocycles. The maximum Gasteiger partial charge on any atom is 0.300 e. The van der Waals surface area contributed by atoms with Crippen molar-refractivity contribution in [3.63, 3.8) is 0 Å². The molecule has 2 fully saturated rings. The van der Waals surface area contributed by atoms with Gasteiger partial charge in [-0.15, -0.1) is 0 Å². The van der Waals surface area contributed by atoms with Crippen LogP contribution in [0.2, 0.25) is 5.02 Å². The highest BCUT2D eigenvalue weighted by molar-refractivity contribution is 7.70. The summed E-state index contributed by atoms with van der Waals surface area (Å²) in [6.45, 7) is 8.98. The van der Waals surface area contributed by atoms with E-state index in [0.29, 0.717) is 71.7 Å². The number of aromatic nitrogens is 2. The number of morpholine rings is 1. The smallest absolute Gasteiger partial charge is 0.300 e. The number of nitrogens with one attached hydrogen (secondary N) is 3. The Labute approximate surface area is 275 Å². The molecule has 11 nitrogen and oxygen atoms in total. The van der Waals surface area contributed by atoms with Crippen molar-refractivity contribution in [3.8, 4) is 17.6 Å². The summed E-state index contributed by atoms with van der Waals surface area (Å²) in [6.07, 6.45) is 5.85. The molecule has 3 N–H and O–H groups in total. The van der Waals surface area contributed by atoms with Crippen molar-refractivity contribution in [2.75, 3.05) is 87.2 Å². The average Bonchev–Trinajstić information content (AvgIpc) is 3.05. The van der Waals surface area contributed by atoms with Crippen LogP contribution in [-0.2, 0) is 14.1 Å². The second-order valence-electron chi connectivity index (χ2n) is 11.6. The lowest BCUT2D eigenvalue weighted by molar-refractivity contribution is -0.111. The lowest BCUT2D eigenvalue weighted by Crippen LogP contribution is -2.36. The monoisotopic (exact) mass is 665 g/mol. The van der Waals surface area contributed by atoms with Gasteiger partial charge in [-0.05, 0) is 63.4 Å². The number of rotatable bonds is 10. The molecule has 0 aliphatic carbocycles. The van der Waals surface area contributed by atoms with Crippen LogP contribution in [0.3, 0.4) is 0 Å². The molecule has 13 heteroatoms. The number of methoxy groups -OCH3 is 1. The molecule has 1 amide bonds. The molecule has 0 radical (unpaired) electrons. The fraction of sp³-hybridized carbons (Fsp3) is 0.424. The van der Waals surface area contributed by atoms with Gasteiger partial charge in [-0.1, -0.05) is 36.1 Å². The van der Waals surface area contributed by atoms with Crippen molar-refractivity contribution < 1.29 is 18.8 Å². The molecule has 0 unspecified atom stereocenters. The minimum atomic E-state index is -2.57. The standard InChI is InChI=1S/C33H41ClN7O4P/c1-44-29-22-28(41-17-19-45-20-18-41)26(36-31(42)13-7-10-16-40-14-8-4-9-15-40)21-27(29)38-33-35-23-24(34)32(39-33)37-25-11-5-6-12-30(25)46(2,3)43/h5-6,11-12,21-23H,4,8-10,14-20H2,1-3H3,(H,36,42)(H2,35,37,38,39). The highest BCUT2D eigenvalue weighted by Gasteiger charge is 2.21. The number of piperidine rings is 1. The first kappa shape index (κ1) is 33.6. The zero-order valence-electron chi connectivity index (χ0n) is 26.6. The summed E-state index contributed by atoms with van der Waals surface area (Å²) >= 11 is 6.47. The summed E-state index contributed by atoms with van der Waals surface area (Å²) in [7, 11) is -0.995. The molecule has 46 heavy (non-hydrogen) atoms. The molecule has 0 atom stereocenters. The Bertz CT molecular complexity index is 1640. The van der Waals surface area contributed by atoms with Gasteiger partial charge in [0.2, 0.25) is 5.95 Å². The number of carbonyl (C=O) groups excluding carboxylic acids is 1. The number of para-hydroxylation sites is 1. The van der Waals surface area contributed by atoms with Gasteiger partial charge >= 0.3 is 0 Å². The summed E-state index contributed by atoms with van der Waals surface area (Å²) in [6, 6.07) is 11.0. The summed E-state index contributed by atoms with van der Waals surface area (Å²) in [4.78, 5) is 26.5. The first-order valence-electron chi connectivity index (χ1n) is 15.5. The molecule has 0 saturated carbocycles. The highest BCUT2D eigenvalue weighted by Crippen LogP contribution is 2.40. The average molecular weight is 666 g/mol. The number of hydrogen-bond acceptors (Lipinski definition) is 10. The number of nitrogens with zero attached hydrogens (tertiary/aromatic N) is 4. The Kier molecular flexibility index (Phi) is 11.4. The van der Waals surface area contributed by atoms with Crippen molar-refractivity contribution in [2.45, 2.75) is 25.7 Å². The number of carbonyl (C=O) groups is 1. The van der Waals surface area contributed by atoms with Gasteiger partial charge in [-0.2, -0.15) is 4.98 Å². The van der Waals surface area contributed by atoms with Crippen molar-refractivity contribution in [1.29, 1.82) is 0 Å². The van der Waals surface area contributed by atoms with E-state index in [1.807, 2.05) is 30.3 Å². The van der Waals surface area contributed by atoms with E-state index in [-0.39, 0.29) is 11.9 Å². The highest BCUT2D eigenvalue weighted by atomic mass is 35.5. The number of anilines is 6. The lowest BCUT2D eigenvalue weighted by Gasteiger charge is -2.31. The number of amides is 1. The number of likely N-dealkylation sites (tertiary alicyclic amines) is 1. The van der Waals surface area contributed by atoms with Crippen LogP contribution in [0.5, 0.6) is 5.75 Å². The van der Waals surface area contributed by atoms with Crippen LogP contribution in [0, 0.1) is 11.8 Å². The Morgan fingerprint density at radius 1 is 1.04 bits per heavy atom. The predicted molar refractivity (Wildman–Crippen MR) is 186 cm³/mol. The third-order valence-corrected chi connectivity index (χ3v) is 9.68. The van der Waals surface area contributed by atoms with Crippen LogP contribution >= 0.6 is 18.7 Å².